The molecule has 0 rings (SSSR count). The molecule has 6 nitrogen and oxygen atoms in total. The summed E-state index contributed by atoms with van der Waals surface area (Å²) in [5.41, 5.74) is 0. The Hall–Kier alpha value is 2.63. The molecule has 0 aromatic carbocycles. The van der Waals surface area contributed by atoms with Gasteiger partial charge < -0.3 is 34.6 Å². The topological polar surface area (TPSA) is 95.9 Å². The molecule has 0 aliphatic rings. The third-order valence-corrected chi connectivity index (χ3v) is 1.81. The van der Waals surface area contributed by atoms with Crippen LogP contribution in [0.2, 0.25) is 0 Å². The summed E-state index contributed by atoms with van der Waals surface area (Å²) in [4.78, 5) is 20.1. The SMILES string of the molecule is Br.C#CC.C/C(F)=C(/C)F.CC.CC.CC.CC.CC#CC.CC(F)=C(F)F.CC=O.CCBr.CCO.CCOC.FC(F)=C(F)F.O=CO[O-].[B].[CH2-]CCC.[H-].[H-].[K+].[K+].[Li+].[Na+]. The molecule has 0 aliphatic carbocycles. The van der Waals surface area contributed by atoms with Gasteiger partial charge >= 0.3 is 169 Å². The van der Waals surface area contributed by atoms with Crippen LogP contribution in [0.4, 0.5) is 39.5 Å². The van der Waals surface area contributed by atoms with Gasteiger partial charge in [-0.2, -0.15) is 32.8 Å². The number of halogens is 11. The summed E-state index contributed by atoms with van der Waals surface area (Å²) < 4.78 is 101. The van der Waals surface area contributed by atoms with Crippen molar-refractivity contribution in [3.05, 3.63) is 42.6 Å². The molecule has 0 saturated carbocycles. The predicted octanol–water partition coefficient (Wildman–Crippen LogP) is 2.78. The van der Waals surface area contributed by atoms with Crippen molar-refractivity contribution in [1.82, 2.24) is 0 Å². The van der Waals surface area contributed by atoms with Crippen molar-refractivity contribution in [1.29, 1.82) is 0 Å². The summed E-state index contributed by atoms with van der Waals surface area (Å²) in [6, 6.07) is 0. The average molecular weight is 1080 g/mol. The Morgan fingerprint density at radius 3 is 0.867 bits per heavy atom. The number of hydrogen-bond donors (Lipinski definition) is 1. The number of ether oxygens (including phenoxy) is 1. The largest absolute Gasteiger partial charge is 1.00 e. The molecule has 0 aromatic heterocycles. The third kappa shape index (κ3) is 621. The van der Waals surface area contributed by atoms with Gasteiger partial charge in [-0.3, -0.25) is 4.79 Å². The van der Waals surface area contributed by atoms with Crippen LogP contribution in [0.15, 0.2) is 35.7 Å². The molecular formula is C38H79BBr2F9K2LiNaO6. The summed E-state index contributed by atoms with van der Waals surface area (Å²) in [6.45, 7) is 37.9. The van der Waals surface area contributed by atoms with Gasteiger partial charge in [0.25, 0.3) is 6.47 Å². The fraction of sp³-hybridized carbons (Fsp3) is 0.658. The smallest absolute Gasteiger partial charge is 1.00 e. The molecule has 0 spiro atoms. The molecule has 0 fully saturated rings. The average Bonchev–Trinajstić information content (AvgIpc) is 3.17. The van der Waals surface area contributed by atoms with E-state index in [1.54, 1.807) is 21.0 Å². The van der Waals surface area contributed by atoms with Crippen LogP contribution in [-0.4, -0.2) is 51.9 Å². The third-order valence-electron chi connectivity index (χ3n) is 1.81. The fourth-order valence-corrected chi connectivity index (χ4v) is 0. The van der Waals surface area contributed by atoms with E-state index in [0.29, 0.717) is 6.92 Å². The van der Waals surface area contributed by atoms with E-state index in [9.17, 15) is 39.5 Å². The van der Waals surface area contributed by atoms with E-state index in [2.05, 4.69) is 63.6 Å². The van der Waals surface area contributed by atoms with Crippen molar-refractivity contribution in [3.63, 3.8) is 0 Å². The number of carbonyl (C=O) groups is 2. The van der Waals surface area contributed by atoms with Gasteiger partial charge in [0.2, 0.25) is 0 Å². The molecule has 0 bridgehead atoms. The van der Waals surface area contributed by atoms with Crippen LogP contribution in [0.3, 0.4) is 0 Å². The molecular weight excluding hydrogens is 1000 g/mol. The molecule has 0 unspecified atom stereocenters. The van der Waals surface area contributed by atoms with Gasteiger partial charge in [-0.05, 0) is 62.3 Å². The van der Waals surface area contributed by atoms with Gasteiger partial charge in [-0.25, -0.2) is 13.2 Å². The zero-order valence-corrected chi connectivity index (χ0v) is 53.3. The van der Waals surface area contributed by atoms with Crippen molar-refractivity contribution >= 4 is 54.1 Å². The van der Waals surface area contributed by atoms with Crippen LogP contribution in [0.5, 0.6) is 0 Å². The summed E-state index contributed by atoms with van der Waals surface area (Å²) in [5, 5.41) is 17.1. The Kier molecular flexibility index (Phi) is 487. The maximum absolute atomic E-state index is 11.3. The number of terminal acetylenes is 1. The maximum Gasteiger partial charge on any atom is 1.00 e. The van der Waals surface area contributed by atoms with Crippen molar-refractivity contribution in [3.8, 4) is 24.2 Å². The molecule has 22 heteroatoms. The van der Waals surface area contributed by atoms with Crippen LogP contribution >= 0.6 is 32.9 Å². The van der Waals surface area contributed by atoms with Gasteiger partial charge in [-0.1, -0.05) is 91.6 Å². The monoisotopic (exact) mass is 1080 g/mol. The molecule has 0 amide bonds. The molecule has 0 atom stereocenters. The van der Waals surface area contributed by atoms with Crippen LogP contribution in [0, 0.1) is 31.1 Å². The first kappa shape index (κ1) is 137. The Morgan fingerprint density at radius 2 is 0.867 bits per heavy atom. The minimum atomic E-state index is -2.91. The van der Waals surface area contributed by atoms with E-state index in [4.69, 9.17) is 20.0 Å². The van der Waals surface area contributed by atoms with Crippen molar-refractivity contribution in [2.24, 2.45) is 0 Å². The van der Waals surface area contributed by atoms with Gasteiger partial charge in [0.15, 0.2) is 5.83 Å². The first-order chi connectivity index (χ1) is 25.2. The first-order valence-electron chi connectivity index (χ1n) is 16.5. The minimum Gasteiger partial charge on any atom is -1.00 e. The van der Waals surface area contributed by atoms with Crippen LogP contribution in [-0.2, 0) is 19.2 Å². The summed E-state index contributed by atoms with van der Waals surface area (Å²) in [6.07, 6.45) is -0.431. The summed E-state index contributed by atoms with van der Waals surface area (Å²) in [7, 11) is 1.68. The van der Waals surface area contributed by atoms with Gasteiger partial charge in [0.1, 0.15) is 17.9 Å². The molecule has 0 saturated heterocycles. The van der Waals surface area contributed by atoms with E-state index in [1.807, 2.05) is 83.1 Å². The second-order valence-corrected chi connectivity index (χ2v) is 6.73. The van der Waals surface area contributed by atoms with E-state index < -0.39 is 35.7 Å². The summed E-state index contributed by atoms with van der Waals surface area (Å²) >= 11 is 3.15. The molecule has 60 heavy (non-hydrogen) atoms. The van der Waals surface area contributed by atoms with Crippen LogP contribution in [0.1, 0.15) is 147 Å². The molecule has 351 valence electrons. The quantitative estimate of drug-likeness (QED) is 0.0684. The van der Waals surface area contributed by atoms with E-state index >= 15 is 0 Å². The number of aliphatic hydroxyl groups excluding tert-OH is 1. The first-order valence-corrected chi connectivity index (χ1v) is 17.7. The molecule has 3 radical (unpaired) electrons. The number of aldehydes is 1. The Labute approximate surface area is 506 Å². The predicted molar refractivity (Wildman–Crippen MR) is 234 cm³/mol. The molecule has 0 aliphatic heterocycles. The second kappa shape index (κ2) is 213. The zero-order chi connectivity index (χ0) is 47.9. The van der Waals surface area contributed by atoms with Gasteiger partial charge in [0.05, 0.1) is 0 Å². The van der Waals surface area contributed by atoms with Gasteiger partial charge in [-0.15, -0.1) is 41.2 Å². The number of unbranched alkanes of at least 4 members (excludes halogenated alkanes) is 1. The fourth-order valence-electron chi connectivity index (χ4n) is 0. The minimum absolute atomic E-state index is 0. The standard InChI is InChI=1S/C4H6F2.C4H9.C4H6.C3H3F3.C3H8O.C3H4.C2H5Br.C2F4.C2H6O.C2H4O.4C2H6.CH2O3.B.BrH.2K.Li.Na.2H/c1-3(5)4(2)6;2*1-3-4-2;1-2(4)3(5)6;1-3-4-2;1-3-2;1-2-3;3-1(4)2(5)6;2*1-2-3;4*1-2;2-1-4-3;;;;;;;;/h1-2H3;1,3-4H2,2H3;1-2H3;1H3;3H2,1-2H3;1H,2H3;2H2,1H3;;3H,2H2,1H3;2H,1H3;4*1-2H3;1,3H;;1H;;;;;;/q;-1;;;;;;;;;;;;;;;;4*+1;2*-1/p-1/b4-3+;;;;;;;;;;;;;;;;;;;;;;. The number of allylic oxidation sites excluding steroid dienone is 3. The van der Waals surface area contributed by atoms with E-state index in [0.717, 1.165) is 38.5 Å². The van der Waals surface area contributed by atoms with E-state index in [-0.39, 0.29) is 193 Å². The van der Waals surface area contributed by atoms with Crippen molar-refractivity contribution < 1.29 is 223 Å². The molecule has 0 heterocycles. The van der Waals surface area contributed by atoms with Crippen molar-refractivity contribution in [2.45, 2.75) is 144 Å². The van der Waals surface area contributed by atoms with Crippen LogP contribution < -0.4 is 156 Å². The van der Waals surface area contributed by atoms with Crippen molar-refractivity contribution in [2.75, 3.05) is 25.7 Å². The molecule has 1 N–H and O–H groups in total. The number of hydrogen-bond acceptors (Lipinski definition) is 6. The number of rotatable bonds is 3. The Bertz CT molecular complexity index is 669. The maximum atomic E-state index is 11.3. The van der Waals surface area contributed by atoms with E-state index in [1.165, 1.54) is 13.3 Å². The number of methoxy groups -OCH3 is 1. The Balaban J connectivity index is -0.0000000126. The van der Waals surface area contributed by atoms with Crippen LogP contribution in [0.25, 0.3) is 0 Å². The number of aliphatic hydroxyl groups is 1. The second-order valence-electron chi connectivity index (χ2n) is 5.61. The number of carbonyl (C=O) groups excluding carboxylic acids is 2. The normalized spacial score (nSPS) is 5.93. The number of alkyl halides is 1. The summed E-state index contributed by atoms with van der Waals surface area (Å²) in [5.74, 6) is 4.72. The van der Waals surface area contributed by atoms with Gasteiger partial charge in [0, 0.05) is 34.1 Å². The molecule has 0 aromatic rings. The Morgan fingerprint density at radius 1 is 0.750 bits per heavy atom. The zero-order valence-electron chi connectivity index (χ0n) is 43.7.